The molecule has 4 heteroatoms. The largest absolute Gasteiger partial charge is 0.396 e. The average Bonchev–Trinajstić information content (AvgIpc) is 2.39. The SMILES string of the molecule is Cc1cc(C=O)cnc1N1CCCC(CCO)C1. The summed E-state index contributed by atoms with van der Waals surface area (Å²) < 4.78 is 0. The average molecular weight is 248 g/mol. The van der Waals surface area contributed by atoms with Crippen molar-refractivity contribution in [2.24, 2.45) is 5.92 Å². The van der Waals surface area contributed by atoms with Gasteiger partial charge < -0.3 is 10.0 Å². The van der Waals surface area contributed by atoms with Crippen molar-refractivity contribution >= 4 is 12.1 Å². The summed E-state index contributed by atoms with van der Waals surface area (Å²) in [5.41, 5.74) is 1.67. The first-order valence-corrected chi connectivity index (χ1v) is 6.52. The van der Waals surface area contributed by atoms with E-state index < -0.39 is 0 Å². The number of hydrogen-bond donors (Lipinski definition) is 1. The second-order valence-electron chi connectivity index (χ2n) is 4.99. The summed E-state index contributed by atoms with van der Waals surface area (Å²) >= 11 is 0. The Morgan fingerprint density at radius 2 is 2.44 bits per heavy atom. The first-order valence-electron chi connectivity index (χ1n) is 6.52. The van der Waals surface area contributed by atoms with Crippen LogP contribution in [0.1, 0.15) is 35.2 Å². The van der Waals surface area contributed by atoms with Crippen LogP contribution in [0, 0.1) is 12.8 Å². The molecular weight excluding hydrogens is 228 g/mol. The van der Waals surface area contributed by atoms with E-state index >= 15 is 0 Å². The minimum Gasteiger partial charge on any atom is -0.396 e. The Hall–Kier alpha value is -1.42. The van der Waals surface area contributed by atoms with Crippen molar-refractivity contribution in [3.63, 3.8) is 0 Å². The molecule has 0 radical (unpaired) electrons. The van der Waals surface area contributed by atoms with Crippen molar-refractivity contribution in [1.82, 2.24) is 4.98 Å². The molecule has 1 aromatic rings. The third-order valence-electron chi connectivity index (χ3n) is 3.56. The van der Waals surface area contributed by atoms with Gasteiger partial charge in [-0.05, 0) is 43.7 Å². The molecule has 0 saturated carbocycles. The van der Waals surface area contributed by atoms with Gasteiger partial charge in [0.2, 0.25) is 0 Å². The van der Waals surface area contributed by atoms with E-state index in [0.29, 0.717) is 11.5 Å². The van der Waals surface area contributed by atoms with Gasteiger partial charge in [0, 0.05) is 31.5 Å². The van der Waals surface area contributed by atoms with Gasteiger partial charge in [-0.15, -0.1) is 0 Å². The Morgan fingerprint density at radius 1 is 1.61 bits per heavy atom. The number of piperidine rings is 1. The number of aliphatic hydroxyl groups is 1. The molecule has 0 aliphatic carbocycles. The summed E-state index contributed by atoms with van der Waals surface area (Å²) in [6.07, 6.45) is 5.64. The summed E-state index contributed by atoms with van der Waals surface area (Å²) in [5, 5.41) is 9.03. The maximum Gasteiger partial charge on any atom is 0.151 e. The summed E-state index contributed by atoms with van der Waals surface area (Å²) in [7, 11) is 0. The van der Waals surface area contributed by atoms with E-state index in [1.54, 1.807) is 6.20 Å². The molecular formula is C14H20N2O2. The molecule has 1 N–H and O–H groups in total. The molecule has 1 saturated heterocycles. The maximum atomic E-state index is 10.7. The Labute approximate surface area is 108 Å². The second kappa shape index (κ2) is 5.96. The van der Waals surface area contributed by atoms with Crippen molar-refractivity contribution in [2.75, 3.05) is 24.6 Å². The number of nitrogens with zero attached hydrogens (tertiary/aromatic N) is 2. The summed E-state index contributed by atoms with van der Waals surface area (Å²) in [6.45, 7) is 4.21. The van der Waals surface area contributed by atoms with E-state index in [1.807, 2.05) is 13.0 Å². The van der Waals surface area contributed by atoms with Crippen LogP contribution in [0.25, 0.3) is 0 Å². The van der Waals surface area contributed by atoms with Crippen LogP contribution in [0.15, 0.2) is 12.3 Å². The Balaban J connectivity index is 2.13. The van der Waals surface area contributed by atoms with Gasteiger partial charge in [-0.25, -0.2) is 4.98 Å². The third kappa shape index (κ3) is 2.88. The van der Waals surface area contributed by atoms with E-state index in [-0.39, 0.29) is 6.61 Å². The van der Waals surface area contributed by atoms with Crippen molar-refractivity contribution in [3.05, 3.63) is 23.4 Å². The molecule has 1 unspecified atom stereocenters. The van der Waals surface area contributed by atoms with Crippen LogP contribution in [-0.2, 0) is 0 Å². The number of aryl methyl sites for hydroxylation is 1. The Bertz CT molecular complexity index is 418. The zero-order valence-corrected chi connectivity index (χ0v) is 10.8. The number of anilines is 1. The van der Waals surface area contributed by atoms with Crippen LogP contribution in [0.3, 0.4) is 0 Å². The first kappa shape index (κ1) is 13.0. The minimum absolute atomic E-state index is 0.259. The van der Waals surface area contributed by atoms with Gasteiger partial charge in [0.15, 0.2) is 6.29 Å². The standard InChI is InChI=1S/C14H20N2O2/c1-11-7-13(10-18)8-15-14(11)16-5-2-3-12(9-16)4-6-17/h7-8,10,12,17H,2-6,9H2,1H3. The number of carbonyl (C=O) groups is 1. The molecule has 0 aromatic carbocycles. The van der Waals surface area contributed by atoms with Crippen LogP contribution in [-0.4, -0.2) is 36.1 Å². The molecule has 1 fully saturated rings. The molecule has 1 aromatic heterocycles. The lowest BCUT2D eigenvalue weighted by Crippen LogP contribution is -2.36. The molecule has 1 aliphatic heterocycles. The zero-order chi connectivity index (χ0) is 13.0. The van der Waals surface area contributed by atoms with E-state index in [0.717, 1.165) is 43.6 Å². The first-order chi connectivity index (χ1) is 8.74. The molecule has 0 bridgehead atoms. The molecule has 1 atom stereocenters. The fourth-order valence-electron chi connectivity index (χ4n) is 2.66. The number of aromatic nitrogens is 1. The number of aliphatic hydroxyl groups excluding tert-OH is 1. The summed E-state index contributed by atoms with van der Waals surface area (Å²) in [4.78, 5) is 17.4. The molecule has 0 spiro atoms. The maximum absolute atomic E-state index is 10.7. The lowest BCUT2D eigenvalue weighted by molar-refractivity contribution is 0.112. The van der Waals surface area contributed by atoms with Gasteiger partial charge in [-0.2, -0.15) is 0 Å². The van der Waals surface area contributed by atoms with Crippen LogP contribution < -0.4 is 4.90 Å². The Morgan fingerprint density at radius 3 is 3.11 bits per heavy atom. The van der Waals surface area contributed by atoms with E-state index in [4.69, 9.17) is 5.11 Å². The van der Waals surface area contributed by atoms with E-state index in [1.165, 1.54) is 6.42 Å². The van der Waals surface area contributed by atoms with Gasteiger partial charge in [0.05, 0.1) is 0 Å². The second-order valence-corrected chi connectivity index (χ2v) is 4.99. The lowest BCUT2D eigenvalue weighted by Gasteiger charge is -2.34. The smallest absolute Gasteiger partial charge is 0.151 e. The van der Waals surface area contributed by atoms with Crippen molar-refractivity contribution in [2.45, 2.75) is 26.2 Å². The van der Waals surface area contributed by atoms with Crippen LogP contribution in [0.2, 0.25) is 0 Å². The van der Waals surface area contributed by atoms with Gasteiger partial charge in [-0.3, -0.25) is 4.79 Å². The fourth-order valence-corrected chi connectivity index (χ4v) is 2.66. The Kier molecular flexibility index (Phi) is 4.31. The minimum atomic E-state index is 0.259. The number of pyridine rings is 1. The highest BCUT2D eigenvalue weighted by Gasteiger charge is 2.21. The normalized spacial score (nSPS) is 19.9. The van der Waals surface area contributed by atoms with Crippen molar-refractivity contribution in [3.8, 4) is 0 Å². The van der Waals surface area contributed by atoms with E-state index in [2.05, 4.69) is 9.88 Å². The van der Waals surface area contributed by atoms with Crippen LogP contribution in [0.4, 0.5) is 5.82 Å². The highest BCUT2D eigenvalue weighted by Crippen LogP contribution is 2.25. The summed E-state index contributed by atoms with van der Waals surface area (Å²) in [6, 6.07) is 1.88. The number of rotatable bonds is 4. The van der Waals surface area contributed by atoms with Gasteiger partial charge in [-0.1, -0.05) is 0 Å². The van der Waals surface area contributed by atoms with E-state index in [9.17, 15) is 4.79 Å². The summed E-state index contributed by atoms with van der Waals surface area (Å²) in [5.74, 6) is 1.53. The highest BCUT2D eigenvalue weighted by molar-refractivity contribution is 5.75. The highest BCUT2D eigenvalue weighted by atomic mass is 16.3. The lowest BCUT2D eigenvalue weighted by atomic mass is 9.95. The number of hydrogen-bond acceptors (Lipinski definition) is 4. The predicted octanol–water partition coefficient (Wildman–Crippen LogP) is 1.80. The number of carbonyl (C=O) groups excluding carboxylic acids is 1. The van der Waals surface area contributed by atoms with Crippen LogP contribution >= 0.6 is 0 Å². The predicted molar refractivity (Wildman–Crippen MR) is 71.0 cm³/mol. The topological polar surface area (TPSA) is 53.4 Å². The number of aldehydes is 1. The zero-order valence-electron chi connectivity index (χ0n) is 10.8. The van der Waals surface area contributed by atoms with Crippen molar-refractivity contribution in [1.29, 1.82) is 0 Å². The molecule has 98 valence electrons. The molecule has 18 heavy (non-hydrogen) atoms. The third-order valence-corrected chi connectivity index (χ3v) is 3.56. The van der Waals surface area contributed by atoms with Gasteiger partial charge in [0.1, 0.15) is 5.82 Å². The molecule has 2 heterocycles. The molecule has 0 amide bonds. The quantitative estimate of drug-likeness (QED) is 0.826. The van der Waals surface area contributed by atoms with Gasteiger partial charge >= 0.3 is 0 Å². The van der Waals surface area contributed by atoms with Crippen LogP contribution in [0.5, 0.6) is 0 Å². The van der Waals surface area contributed by atoms with Crippen molar-refractivity contribution < 1.29 is 9.90 Å². The monoisotopic (exact) mass is 248 g/mol. The molecule has 1 aliphatic rings. The molecule has 4 nitrogen and oxygen atoms in total. The van der Waals surface area contributed by atoms with Gasteiger partial charge in [0.25, 0.3) is 0 Å². The molecule has 2 rings (SSSR count). The fraction of sp³-hybridized carbons (Fsp3) is 0.571.